The van der Waals surface area contributed by atoms with Crippen LogP contribution in [-0.2, 0) is 4.79 Å². The number of aromatic nitrogens is 2. The number of rotatable bonds is 4. The maximum absolute atomic E-state index is 12.8. The van der Waals surface area contributed by atoms with Crippen LogP contribution in [0.5, 0.6) is 0 Å². The minimum Gasteiger partial charge on any atom is -0.427 e. The number of carbonyl (C=O) groups excluding carboxylic acids is 1. The van der Waals surface area contributed by atoms with Gasteiger partial charge in [0.2, 0.25) is 12.3 Å². The average Bonchev–Trinajstić information content (AvgIpc) is 3.03. The molecule has 1 aliphatic heterocycles. The molecule has 2 atom stereocenters. The van der Waals surface area contributed by atoms with Crippen molar-refractivity contribution in [2.24, 2.45) is 5.92 Å². The molecular weight excluding hydrogens is 254 g/mol. The summed E-state index contributed by atoms with van der Waals surface area (Å²) in [5.74, 6) is 0.101. The lowest BCUT2D eigenvalue weighted by atomic mass is 9.84. The largest absolute Gasteiger partial charge is 0.427 e. The molecule has 3 rings (SSSR count). The SMILES string of the molecule is O=C(C1CCCNC1)C(c1ccccc1)c1nnco1. The first kappa shape index (κ1) is 13.0. The molecule has 104 valence electrons. The summed E-state index contributed by atoms with van der Waals surface area (Å²) < 4.78 is 5.30. The molecule has 0 aliphatic carbocycles. The van der Waals surface area contributed by atoms with Gasteiger partial charge in [0, 0.05) is 12.5 Å². The van der Waals surface area contributed by atoms with Gasteiger partial charge in [-0.15, -0.1) is 10.2 Å². The Hall–Kier alpha value is -2.01. The van der Waals surface area contributed by atoms with Gasteiger partial charge in [0.1, 0.15) is 5.92 Å². The first-order valence-electron chi connectivity index (χ1n) is 6.91. The minimum atomic E-state index is -0.455. The molecule has 0 amide bonds. The van der Waals surface area contributed by atoms with E-state index in [1.54, 1.807) is 0 Å². The Kier molecular flexibility index (Phi) is 3.87. The first-order chi connectivity index (χ1) is 9.86. The van der Waals surface area contributed by atoms with Gasteiger partial charge < -0.3 is 9.73 Å². The highest BCUT2D eigenvalue weighted by Crippen LogP contribution is 2.28. The predicted molar refractivity (Wildman–Crippen MR) is 73.2 cm³/mol. The number of Topliss-reactive ketones (excluding diaryl/α,β-unsaturated/α-hetero) is 1. The third kappa shape index (κ3) is 2.63. The Morgan fingerprint density at radius 3 is 2.85 bits per heavy atom. The molecule has 0 bridgehead atoms. The lowest BCUT2D eigenvalue weighted by Gasteiger charge is -2.24. The molecule has 2 heterocycles. The second-order valence-corrected chi connectivity index (χ2v) is 5.07. The molecule has 2 aromatic rings. The molecule has 1 N–H and O–H groups in total. The number of hydrogen-bond donors (Lipinski definition) is 1. The fourth-order valence-electron chi connectivity index (χ4n) is 2.71. The van der Waals surface area contributed by atoms with Gasteiger partial charge in [-0.3, -0.25) is 4.79 Å². The summed E-state index contributed by atoms with van der Waals surface area (Å²) in [6.45, 7) is 1.72. The maximum atomic E-state index is 12.8. The molecule has 5 heteroatoms. The van der Waals surface area contributed by atoms with E-state index in [0.29, 0.717) is 5.89 Å². The van der Waals surface area contributed by atoms with E-state index in [9.17, 15) is 4.79 Å². The van der Waals surface area contributed by atoms with Crippen molar-refractivity contribution in [3.63, 3.8) is 0 Å². The standard InChI is InChI=1S/C15H17N3O2/c19-14(12-7-4-8-16-9-12)13(15-18-17-10-20-15)11-5-2-1-3-6-11/h1-3,5-6,10,12-13,16H,4,7-9H2. The molecule has 1 aliphatic rings. The minimum absolute atomic E-state index is 0.0147. The van der Waals surface area contributed by atoms with Crippen LogP contribution in [0.1, 0.15) is 30.2 Å². The monoisotopic (exact) mass is 271 g/mol. The summed E-state index contributed by atoms with van der Waals surface area (Å²) in [5, 5.41) is 10.9. The molecule has 1 aromatic heterocycles. The van der Waals surface area contributed by atoms with Gasteiger partial charge in [-0.2, -0.15) is 0 Å². The van der Waals surface area contributed by atoms with Gasteiger partial charge in [0.25, 0.3) is 0 Å². The van der Waals surface area contributed by atoms with Crippen LogP contribution in [0, 0.1) is 5.92 Å². The molecule has 1 aromatic carbocycles. The Labute approximate surface area is 117 Å². The van der Waals surface area contributed by atoms with Crippen molar-refractivity contribution >= 4 is 5.78 Å². The van der Waals surface area contributed by atoms with Gasteiger partial charge in [-0.1, -0.05) is 30.3 Å². The van der Waals surface area contributed by atoms with E-state index < -0.39 is 5.92 Å². The number of hydrogen-bond acceptors (Lipinski definition) is 5. The highest BCUT2D eigenvalue weighted by molar-refractivity contribution is 5.90. The van der Waals surface area contributed by atoms with Crippen molar-refractivity contribution in [2.45, 2.75) is 18.8 Å². The molecule has 5 nitrogen and oxygen atoms in total. The molecule has 0 spiro atoms. The van der Waals surface area contributed by atoms with Crippen LogP contribution < -0.4 is 5.32 Å². The Balaban J connectivity index is 1.91. The average molecular weight is 271 g/mol. The number of benzene rings is 1. The lowest BCUT2D eigenvalue weighted by Crippen LogP contribution is -2.37. The zero-order chi connectivity index (χ0) is 13.8. The van der Waals surface area contributed by atoms with Gasteiger partial charge in [0.05, 0.1) is 0 Å². The summed E-state index contributed by atoms with van der Waals surface area (Å²) in [4.78, 5) is 12.8. The number of piperidine rings is 1. The second-order valence-electron chi connectivity index (χ2n) is 5.07. The molecule has 0 saturated carbocycles. The first-order valence-corrected chi connectivity index (χ1v) is 6.91. The Bertz CT molecular complexity index is 548. The van der Waals surface area contributed by atoms with Crippen molar-refractivity contribution in [3.05, 3.63) is 48.2 Å². The van der Waals surface area contributed by atoms with Crippen molar-refractivity contribution in [2.75, 3.05) is 13.1 Å². The molecule has 0 radical (unpaired) electrons. The molecule has 20 heavy (non-hydrogen) atoms. The molecule has 1 saturated heterocycles. The fraction of sp³-hybridized carbons (Fsp3) is 0.400. The highest BCUT2D eigenvalue weighted by atomic mass is 16.4. The Morgan fingerprint density at radius 2 is 2.20 bits per heavy atom. The van der Waals surface area contributed by atoms with E-state index in [1.165, 1.54) is 6.39 Å². The smallest absolute Gasteiger partial charge is 0.231 e. The van der Waals surface area contributed by atoms with Gasteiger partial charge in [-0.25, -0.2) is 0 Å². The second kappa shape index (κ2) is 5.96. The summed E-state index contributed by atoms with van der Waals surface area (Å²) in [7, 11) is 0. The fourth-order valence-corrected chi connectivity index (χ4v) is 2.71. The van der Waals surface area contributed by atoms with Crippen molar-refractivity contribution in [1.29, 1.82) is 0 Å². The third-order valence-corrected chi connectivity index (χ3v) is 3.74. The summed E-state index contributed by atoms with van der Waals surface area (Å²) in [5.41, 5.74) is 0.910. The molecule has 1 fully saturated rings. The third-order valence-electron chi connectivity index (χ3n) is 3.74. The molecule has 2 unspecified atom stereocenters. The topological polar surface area (TPSA) is 68.0 Å². The summed E-state index contributed by atoms with van der Waals surface area (Å²) >= 11 is 0. The zero-order valence-corrected chi connectivity index (χ0v) is 11.2. The summed E-state index contributed by atoms with van der Waals surface area (Å²) in [6.07, 6.45) is 3.22. The highest BCUT2D eigenvalue weighted by Gasteiger charge is 2.33. The lowest BCUT2D eigenvalue weighted by molar-refractivity contribution is -0.124. The van der Waals surface area contributed by atoms with E-state index in [4.69, 9.17) is 4.42 Å². The normalized spacial score (nSPS) is 20.5. The zero-order valence-electron chi connectivity index (χ0n) is 11.2. The van der Waals surface area contributed by atoms with Gasteiger partial charge in [0.15, 0.2) is 5.78 Å². The quantitative estimate of drug-likeness (QED) is 0.918. The summed E-state index contributed by atoms with van der Waals surface area (Å²) in [6, 6.07) is 9.64. The van der Waals surface area contributed by atoms with E-state index in [-0.39, 0.29) is 11.7 Å². The van der Waals surface area contributed by atoms with Crippen LogP contribution in [0.25, 0.3) is 0 Å². The van der Waals surface area contributed by atoms with Crippen LogP contribution >= 0.6 is 0 Å². The number of nitrogens with zero attached hydrogens (tertiary/aromatic N) is 2. The molecular formula is C15H17N3O2. The van der Waals surface area contributed by atoms with Crippen molar-refractivity contribution in [1.82, 2.24) is 15.5 Å². The van der Waals surface area contributed by atoms with Crippen LogP contribution in [0.4, 0.5) is 0 Å². The van der Waals surface area contributed by atoms with E-state index in [0.717, 1.165) is 31.5 Å². The van der Waals surface area contributed by atoms with Crippen LogP contribution in [0.3, 0.4) is 0 Å². The number of ketones is 1. The maximum Gasteiger partial charge on any atom is 0.231 e. The predicted octanol–water partition coefficient (Wildman–Crippen LogP) is 1.77. The van der Waals surface area contributed by atoms with Crippen molar-refractivity contribution < 1.29 is 9.21 Å². The Morgan fingerprint density at radius 1 is 1.35 bits per heavy atom. The number of nitrogens with one attached hydrogen (secondary N) is 1. The van der Waals surface area contributed by atoms with E-state index >= 15 is 0 Å². The van der Waals surface area contributed by atoms with E-state index in [1.807, 2.05) is 30.3 Å². The van der Waals surface area contributed by atoms with Gasteiger partial charge >= 0.3 is 0 Å². The van der Waals surface area contributed by atoms with Gasteiger partial charge in [-0.05, 0) is 24.9 Å². The van der Waals surface area contributed by atoms with Crippen LogP contribution in [0.2, 0.25) is 0 Å². The van der Waals surface area contributed by atoms with Crippen LogP contribution in [-0.4, -0.2) is 29.1 Å². The van der Waals surface area contributed by atoms with Crippen LogP contribution in [0.15, 0.2) is 41.1 Å². The number of carbonyl (C=O) groups is 1. The van der Waals surface area contributed by atoms with Crippen molar-refractivity contribution in [3.8, 4) is 0 Å². The van der Waals surface area contributed by atoms with E-state index in [2.05, 4.69) is 15.5 Å².